The Balaban J connectivity index is 2.09. The number of ether oxygens (including phenoxy) is 1. The predicted octanol–water partition coefficient (Wildman–Crippen LogP) is -0.424. The normalized spacial score (nSPS) is 27.0. The molecule has 1 fully saturated rings. The summed E-state index contributed by atoms with van der Waals surface area (Å²) >= 11 is 0. The van der Waals surface area contributed by atoms with Gasteiger partial charge in [0.1, 0.15) is 6.10 Å². The topological polar surface area (TPSA) is 92.0 Å². The van der Waals surface area contributed by atoms with E-state index in [0.717, 1.165) is 12.8 Å². The van der Waals surface area contributed by atoms with Crippen LogP contribution in [0.3, 0.4) is 0 Å². The van der Waals surface area contributed by atoms with Gasteiger partial charge in [-0.1, -0.05) is 0 Å². The number of nitrogens with zero attached hydrogens (tertiary/aromatic N) is 3. The van der Waals surface area contributed by atoms with Crippen LogP contribution in [0.4, 0.5) is 5.95 Å². The van der Waals surface area contributed by atoms with Gasteiger partial charge >= 0.3 is 0 Å². The molecular weight excluding hydrogens is 182 g/mol. The molecule has 14 heavy (non-hydrogen) atoms. The molecule has 0 radical (unpaired) electrons. The minimum Gasteiger partial charge on any atom is -0.368 e. The van der Waals surface area contributed by atoms with E-state index in [2.05, 4.69) is 10.1 Å². The van der Waals surface area contributed by atoms with Gasteiger partial charge in [-0.3, -0.25) is 0 Å². The summed E-state index contributed by atoms with van der Waals surface area (Å²) in [6, 6.07) is 0. The molecule has 0 aromatic carbocycles. The van der Waals surface area contributed by atoms with Crippen molar-refractivity contribution in [1.82, 2.24) is 14.8 Å². The average Bonchev–Trinajstić information content (AvgIpc) is 2.74. The predicted molar refractivity (Wildman–Crippen MR) is 51.3 cm³/mol. The quantitative estimate of drug-likeness (QED) is 0.671. The van der Waals surface area contributed by atoms with E-state index in [0.29, 0.717) is 18.3 Å². The molecule has 1 aliphatic heterocycles. The molecule has 2 unspecified atom stereocenters. The van der Waals surface area contributed by atoms with Crippen molar-refractivity contribution in [1.29, 1.82) is 0 Å². The van der Waals surface area contributed by atoms with E-state index in [9.17, 15) is 0 Å². The van der Waals surface area contributed by atoms with Crippen LogP contribution in [0.25, 0.3) is 0 Å². The highest BCUT2D eigenvalue weighted by molar-refractivity contribution is 5.16. The Labute approximate surface area is 82.2 Å². The van der Waals surface area contributed by atoms with Crippen LogP contribution in [0, 0.1) is 0 Å². The van der Waals surface area contributed by atoms with Gasteiger partial charge in [0, 0.05) is 13.6 Å². The second kappa shape index (κ2) is 3.55. The fraction of sp³-hybridized carbons (Fsp3) is 0.750. The van der Waals surface area contributed by atoms with E-state index < -0.39 is 0 Å². The van der Waals surface area contributed by atoms with Gasteiger partial charge in [0.05, 0.1) is 6.10 Å². The van der Waals surface area contributed by atoms with E-state index in [1.54, 1.807) is 11.7 Å². The van der Waals surface area contributed by atoms with Gasteiger partial charge in [0.25, 0.3) is 0 Å². The molecule has 0 aliphatic carbocycles. The van der Waals surface area contributed by atoms with Gasteiger partial charge in [-0.05, 0) is 12.8 Å². The van der Waals surface area contributed by atoms with Crippen molar-refractivity contribution < 1.29 is 4.74 Å². The number of hydrogen-bond acceptors (Lipinski definition) is 5. The van der Waals surface area contributed by atoms with E-state index in [-0.39, 0.29) is 12.2 Å². The van der Waals surface area contributed by atoms with Crippen LogP contribution in [-0.2, 0) is 11.8 Å². The Bertz CT molecular complexity index is 304. The third-order valence-corrected chi connectivity index (χ3v) is 2.47. The largest absolute Gasteiger partial charge is 0.368 e. The monoisotopic (exact) mass is 197 g/mol. The molecule has 2 heterocycles. The fourth-order valence-corrected chi connectivity index (χ4v) is 1.62. The molecule has 0 amide bonds. The third-order valence-electron chi connectivity index (χ3n) is 2.47. The van der Waals surface area contributed by atoms with Gasteiger partial charge in [0.15, 0.2) is 5.82 Å². The van der Waals surface area contributed by atoms with Crippen molar-refractivity contribution in [2.45, 2.75) is 25.0 Å². The lowest BCUT2D eigenvalue weighted by Crippen LogP contribution is -2.19. The van der Waals surface area contributed by atoms with E-state index in [4.69, 9.17) is 16.2 Å². The van der Waals surface area contributed by atoms with Crippen molar-refractivity contribution in [2.24, 2.45) is 12.8 Å². The molecule has 78 valence electrons. The Morgan fingerprint density at radius 3 is 2.86 bits per heavy atom. The fourth-order valence-electron chi connectivity index (χ4n) is 1.62. The van der Waals surface area contributed by atoms with E-state index in [1.807, 2.05) is 0 Å². The summed E-state index contributed by atoms with van der Waals surface area (Å²) in [5, 5.41) is 4.18. The van der Waals surface area contributed by atoms with E-state index in [1.165, 1.54) is 0 Å². The molecule has 0 bridgehead atoms. The highest BCUT2D eigenvalue weighted by atomic mass is 16.5. The SMILES string of the molecule is Cn1nc(C2CCC(CN)O2)nc1N. The summed E-state index contributed by atoms with van der Waals surface area (Å²) < 4.78 is 7.20. The summed E-state index contributed by atoms with van der Waals surface area (Å²) in [6.07, 6.45) is 2.00. The van der Waals surface area contributed by atoms with Gasteiger partial charge in [-0.15, -0.1) is 0 Å². The third kappa shape index (κ3) is 1.58. The molecule has 1 aliphatic rings. The molecule has 0 spiro atoms. The summed E-state index contributed by atoms with van der Waals surface area (Å²) in [6.45, 7) is 0.554. The van der Waals surface area contributed by atoms with Crippen LogP contribution in [0.1, 0.15) is 24.8 Å². The lowest BCUT2D eigenvalue weighted by Gasteiger charge is -2.08. The number of aromatic nitrogens is 3. The average molecular weight is 197 g/mol. The second-order valence-electron chi connectivity index (χ2n) is 3.51. The maximum atomic E-state index is 5.65. The van der Waals surface area contributed by atoms with Crippen LogP contribution >= 0.6 is 0 Å². The molecule has 4 N–H and O–H groups in total. The Morgan fingerprint density at radius 2 is 2.36 bits per heavy atom. The molecule has 2 rings (SSSR count). The minimum atomic E-state index is -0.0351. The maximum absolute atomic E-state index is 5.65. The molecule has 1 aromatic heterocycles. The number of aryl methyl sites for hydroxylation is 1. The molecule has 2 atom stereocenters. The standard InChI is InChI=1S/C8H15N5O/c1-13-8(10)11-7(12-13)6-3-2-5(4-9)14-6/h5-6H,2-4,9H2,1H3,(H2,10,11,12). The lowest BCUT2D eigenvalue weighted by atomic mass is 10.2. The number of nitrogens with two attached hydrogens (primary N) is 2. The highest BCUT2D eigenvalue weighted by Gasteiger charge is 2.28. The number of anilines is 1. The summed E-state index contributed by atoms with van der Waals surface area (Å²) in [5.41, 5.74) is 11.1. The number of nitrogen functional groups attached to an aromatic ring is 1. The smallest absolute Gasteiger partial charge is 0.218 e. The number of rotatable bonds is 2. The summed E-state index contributed by atoms with van der Waals surface area (Å²) in [4.78, 5) is 4.12. The van der Waals surface area contributed by atoms with Gasteiger partial charge < -0.3 is 16.2 Å². The minimum absolute atomic E-state index is 0.0351. The Morgan fingerprint density at radius 1 is 1.57 bits per heavy atom. The number of hydrogen-bond donors (Lipinski definition) is 2. The molecule has 1 saturated heterocycles. The van der Waals surface area contributed by atoms with Crippen LogP contribution in [0.15, 0.2) is 0 Å². The molecule has 0 saturated carbocycles. The van der Waals surface area contributed by atoms with Crippen molar-refractivity contribution in [2.75, 3.05) is 12.3 Å². The zero-order chi connectivity index (χ0) is 10.1. The first kappa shape index (κ1) is 9.42. The zero-order valence-electron chi connectivity index (χ0n) is 8.18. The molecule has 6 heteroatoms. The van der Waals surface area contributed by atoms with Crippen LogP contribution in [0.2, 0.25) is 0 Å². The van der Waals surface area contributed by atoms with Crippen LogP contribution in [-0.4, -0.2) is 27.4 Å². The first-order valence-electron chi connectivity index (χ1n) is 4.72. The van der Waals surface area contributed by atoms with Gasteiger partial charge in [-0.2, -0.15) is 10.1 Å². The van der Waals surface area contributed by atoms with Crippen LogP contribution < -0.4 is 11.5 Å². The van der Waals surface area contributed by atoms with Crippen LogP contribution in [0.5, 0.6) is 0 Å². The van der Waals surface area contributed by atoms with E-state index >= 15 is 0 Å². The molecule has 6 nitrogen and oxygen atoms in total. The zero-order valence-corrected chi connectivity index (χ0v) is 8.18. The van der Waals surface area contributed by atoms with Crippen molar-refractivity contribution in [3.05, 3.63) is 5.82 Å². The Hall–Kier alpha value is -1.14. The maximum Gasteiger partial charge on any atom is 0.218 e. The second-order valence-corrected chi connectivity index (χ2v) is 3.51. The first-order valence-corrected chi connectivity index (χ1v) is 4.72. The van der Waals surface area contributed by atoms with Gasteiger partial charge in [-0.25, -0.2) is 4.68 Å². The Kier molecular flexibility index (Phi) is 2.39. The lowest BCUT2D eigenvalue weighted by molar-refractivity contribution is 0.0448. The van der Waals surface area contributed by atoms with Crippen molar-refractivity contribution in [3.8, 4) is 0 Å². The summed E-state index contributed by atoms with van der Waals surface area (Å²) in [5.74, 6) is 1.08. The molecular formula is C8H15N5O. The highest BCUT2D eigenvalue weighted by Crippen LogP contribution is 2.30. The summed E-state index contributed by atoms with van der Waals surface area (Å²) in [7, 11) is 1.77. The first-order chi connectivity index (χ1) is 6.70. The molecule has 1 aromatic rings. The van der Waals surface area contributed by atoms with Crippen molar-refractivity contribution >= 4 is 5.95 Å². The van der Waals surface area contributed by atoms with Gasteiger partial charge in [0.2, 0.25) is 5.95 Å². The van der Waals surface area contributed by atoms with Crippen molar-refractivity contribution in [3.63, 3.8) is 0 Å².